The highest BCUT2D eigenvalue weighted by molar-refractivity contribution is 8.26. The number of para-hydroxylation sites is 1. The van der Waals surface area contributed by atoms with E-state index >= 15 is 0 Å². The monoisotopic (exact) mass is 453 g/mol. The molecule has 0 spiro atoms. The Labute approximate surface area is 190 Å². The first kappa shape index (κ1) is 20.8. The van der Waals surface area contributed by atoms with E-state index in [-0.39, 0.29) is 11.9 Å². The van der Waals surface area contributed by atoms with Crippen molar-refractivity contribution in [1.29, 1.82) is 0 Å². The van der Waals surface area contributed by atoms with E-state index in [4.69, 9.17) is 28.9 Å². The summed E-state index contributed by atoms with van der Waals surface area (Å²) in [6.45, 7) is 4.07. The van der Waals surface area contributed by atoms with E-state index in [1.807, 2.05) is 78.5 Å². The molecule has 152 valence electrons. The van der Waals surface area contributed by atoms with Crippen LogP contribution >= 0.6 is 35.6 Å². The number of nitrogens with zero attached hydrogens (tertiary/aromatic N) is 3. The van der Waals surface area contributed by atoms with Gasteiger partial charge in [-0.1, -0.05) is 72.8 Å². The maximum Gasteiger partial charge on any atom is 0.266 e. The number of rotatable bonds is 5. The standard InChI is InChI=1S/C23H20ClN3OS2/c1-3-15(2)27-22(28)20(30-23(27)29)13-17-14-26(19-7-5-4-6-8-19)25-21(17)16-9-11-18(24)12-10-16/h4-15H,3H2,1-2H3/b20-13-. The minimum absolute atomic E-state index is 0.0473. The summed E-state index contributed by atoms with van der Waals surface area (Å²) >= 11 is 12.9. The molecule has 1 atom stereocenters. The van der Waals surface area contributed by atoms with E-state index in [1.165, 1.54) is 11.8 Å². The molecule has 0 N–H and O–H groups in total. The van der Waals surface area contributed by atoms with Crippen LogP contribution in [-0.4, -0.2) is 30.9 Å². The van der Waals surface area contributed by atoms with Gasteiger partial charge < -0.3 is 0 Å². The second kappa shape index (κ2) is 8.76. The van der Waals surface area contributed by atoms with E-state index in [9.17, 15) is 4.79 Å². The summed E-state index contributed by atoms with van der Waals surface area (Å²) < 4.78 is 2.43. The fourth-order valence-corrected chi connectivity index (χ4v) is 4.80. The third-order valence-electron chi connectivity index (χ3n) is 5.02. The number of thioether (sulfide) groups is 1. The molecule has 2 heterocycles. The van der Waals surface area contributed by atoms with Crippen molar-refractivity contribution >= 4 is 51.9 Å². The molecule has 1 saturated heterocycles. The second-order valence-electron chi connectivity index (χ2n) is 7.03. The topological polar surface area (TPSA) is 38.1 Å². The van der Waals surface area contributed by atoms with E-state index in [2.05, 4.69) is 6.92 Å². The van der Waals surface area contributed by atoms with Crippen LogP contribution in [0.4, 0.5) is 0 Å². The van der Waals surface area contributed by atoms with Crippen molar-refractivity contribution in [2.45, 2.75) is 26.3 Å². The Balaban J connectivity index is 1.79. The number of carbonyl (C=O) groups is 1. The number of thiocarbonyl (C=S) groups is 1. The molecule has 1 fully saturated rings. The van der Waals surface area contributed by atoms with Crippen LogP contribution in [0.15, 0.2) is 65.7 Å². The molecule has 2 aromatic carbocycles. The molecule has 1 amide bonds. The molecule has 3 aromatic rings. The van der Waals surface area contributed by atoms with Crippen LogP contribution in [0.25, 0.3) is 23.0 Å². The number of hydrogen-bond acceptors (Lipinski definition) is 4. The maximum atomic E-state index is 13.0. The summed E-state index contributed by atoms with van der Waals surface area (Å²) in [5, 5.41) is 5.46. The molecule has 1 unspecified atom stereocenters. The Hall–Kier alpha value is -2.41. The molecule has 7 heteroatoms. The minimum Gasteiger partial charge on any atom is -0.290 e. The maximum absolute atomic E-state index is 13.0. The summed E-state index contributed by atoms with van der Waals surface area (Å²) in [6, 6.07) is 17.5. The van der Waals surface area contributed by atoms with Crippen LogP contribution in [-0.2, 0) is 4.79 Å². The number of halogens is 1. The van der Waals surface area contributed by atoms with Gasteiger partial charge in [0.1, 0.15) is 4.32 Å². The Morgan fingerprint density at radius 3 is 2.53 bits per heavy atom. The third-order valence-corrected chi connectivity index (χ3v) is 6.61. The van der Waals surface area contributed by atoms with Crippen LogP contribution in [0, 0.1) is 0 Å². The minimum atomic E-state index is -0.0473. The van der Waals surface area contributed by atoms with Gasteiger partial charge in [0.2, 0.25) is 0 Å². The molecule has 1 aromatic heterocycles. The fraction of sp³-hybridized carbons (Fsp3) is 0.174. The Bertz CT molecular complexity index is 1120. The highest BCUT2D eigenvalue weighted by Crippen LogP contribution is 2.36. The molecular formula is C23H20ClN3OS2. The predicted molar refractivity (Wildman–Crippen MR) is 129 cm³/mol. The smallest absolute Gasteiger partial charge is 0.266 e. The first-order chi connectivity index (χ1) is 14.5. The molecule has 1 aliphatic heterocycles. The van der Waals surface area contributed by atoms with Crippen LogP contribution in [0.2, 0.25) is 5.02 Å². The zero-order valence-electron chi connectivity index (χ0n) is 16.6. The molecule has 1 aliphatic rings. The average molecular weight is 454 g/mol. The Kier molecular flexibility index (Phi) is 6.09. The van der Waals surface area contributed by atoms with Crippen LogP contribution in [0.5, 0.6) is 0 Å². The molecule has 0 radical (unpaired) electrons. The lowest BCUT2D eigenvalue weighted by atomic mass is 10.1. The average Bonchev–Trinajstić information content (AvgIpc) is 3.30. The van der Waals surface area contributed by atoms with Crippen molar-refractivity contribution in [2.75, 3.05) is 0 Å². The fourth-order valence-electron chi connectivity index (χ4n) is 3.22. The van der Waals surface area contributed by atoms with Crippen LogP contribution < -0.4 is 0 Å². The SMILES string of the molecule is CCC(C)N1C(=O)/C(=C/c2cn(-c3ccccc3)nc2-c2ccc(Cl)cc2)SC1=S. The van der Waals surface area contributed by atoms with E-state index < -0.39 is 0 Å². The first-order valence-corrected chi connectivity index (χ1v) is 11.3. The number of amides is 1. The first-order valence-electron chi connectivity index (χ1n) is 9.66. The van der Waals surface area contributed by atoms with E-state index in [1.54, 1.807) is 4.90 Å². The summed E-state index contributed by atoms with van der Waals surface area (Å²) in [5.74, 6) is -0.0473. The Morgan fingerprint density at radius 2 is 1.87 bits per heavy atom. The van der Waals surface area contributed by atoms with Crippen molar-refractivity contribution in [3.05, 3.63) is 76.3 Å². The van der Waals surface area contributed by atoms with Gasteiger partial charge in [-0.2, -0.15) is 5.10 Å². The highest BCUT2D eigenvalue weighted by atomic mass is 35.5. The van der Waals surface area contributed by atoms with E-state index in [0.29, 0.717) is 14.2 Å². The molecule has 0 aliphatic carbocycles. The van der Waals surface area contributed by atoms with Crippen LogP contribution in [0.3, 0.4) is 0 Å². The van der Waals surface area contributed by atoms with Crippen molar-refractivity contribution in [3.63, 3.8) is 0 Å². The molecule has 0 bridgehead atoms. The summed E-state index contributed by atoms with van der Waals surface area (Å²) in [6.07, 6.45) is 4.68. The zero-order chi connectivity index (χ0) is 21.3. The lowest BCUT2D eigenvalue weighted by Crippen LogP contribution is -2.36. The van der Waals surface area contributed by atoms with Crippen molar-refractivity contribution in [1.82, 2.24) is 14.7 Å². The quantitative estimate of drug-likeness (QED) is 0.341. The van der Waals surface area contributed by atoms with Crippen molar-refractivity contribution in [3.8, 4) is 16.9 Å². The number of aromatic nitrogens is 2. The van der Waals surface area contributed by atoms with Gasteiger partial charge in [-0.25, -0.2) is 4.68 Å². The van der Waals surface area contributed by atoms with Gasteiger partial charge in [0.05, 0.1) is 16.3 Å². The van der Waals surface area contributed by atoms with Gasteiger partial charge in [0.15, 0.2) is 0 Å². The summed E-state index contributed by atoms with van der Waals surface area (Å²) in [7, 11) is 0. The normalized spacial score (nSPS) is 16.5. The second-order valence-corrected chi connectivity index (χ2v) is 9.14. The highest BCUT2D eigenvalue weighted by Gasteiger charge is 2.35. The number of hydrogen-bond donors (Lipinski definition) is 0. The number of carbonyl (C=O) groups excluding carboxylic acids is 1. The zero-order valence-corrected chi connectivity index (χ0v) is 19.0. The molecule has 4 nitrogen and oxygen atoms in total. The van der Waals surface area contributed by atoms with Crippen molar-refractivity contribution < 1.29 is 4.79 Å². The lowest BCUT2D eigenvalue weighted by molar-refractivity contribution is -0.123. The molecular weight excluding hydrogens is 434 g/mol. The van der Waals surface area contributed by atoms with Gasteiger partial charge in [-0.3, -0.25) is 9.69 Å². The largest absolute Gasteiger partial charge is 0.290 e. The van der Waals surface area contributed by atoms with Gasteiger partial charge in [0.25, 0.3) is 5.91 Å². The lowest BCUT2D eigenvalue weighted by Gasteiger charge is -2.21. The van der Waals surface area contributed by atoms with Crippen molar-refractivity contribution in [2.24, 2.45) is 0 Å². The molecule has 4 rings (SSSR count). The number of benzene rings is 2. The van der Waals surface area contributed by atoms with Gasteiger partial charge in [-0.15, -0.1) is 0 Å². The predicted octanol–water partition coefficient (Wildman–Crippen LogP) is 6.19. The summed E-state index contributed by atoms with van der Waals surface area (Å²) in [4.78, 5) is 15.3. The van der Waals surface area contributed by atoms with Gasteiger partial charge in [0, 0.05) is 28.4 Å². The molecule has 0 saturated carbocycles. The molecule has 30 heavy (non-hydrogen) atoms. The van der Waals surface area contributed by atoms with E-state index in [0.717, 1.165) is 28.9 Å². The Morgan fingerprint density at radius 1 is 1.17 bits per heavy atom. The third kappa shape index (κ3) is 4.08. The van der Waals surface area contributed by atoms with Crippen LogP contribution in [0.1, 0.15) is 25.8 Å². The summed E-state index contributed by atoms with van der Waals surface area (Å²) in [5.41, 5.74) is 3.51. The van der Waals surface area contributed by atoms with Gasteiger partial charge >= 0.3 is 0 Å². The van der Waals surface area contributed by atoms with Gasteiger partial charge in [-0.05, 0) is 43.7 Å².